The molecule has 1 aromatic carbocycles. The Balaban J connectivity index is 2.33. The normalized spacial score (nSPS) is 18.4. The van der Waals surface area contributed by atoms with Crippen molar-refractivity contribution in [2.24, 2.45) is 5.41 Å². The summed E-state index contributed by atoms with van der Waals surface area (Å²) >= 11 is 3.48. The van der Waals surface area contributed by atoms with Crippen LogP contribution in [0.4, 0.5) is 0 Å². The average Bonchev–Trinajstić information content (AvgIpc) is 2.27. The van der Waals surface area contributed by atoms with Crippen molar-refractivity contribution in [3.05, 3.63) is 29.3 Å². The lowest BCUT2D eigenvalue weighted by molar-refractivity contribution is 0.203. The number of alkyl halides is 1. The summed E-state index contributed by atoms with van der Waals surface area (Å²) in [7, 11) is -3.17. The van der Waals surface area contributed by atoms with Crippen molar-refractivity contribution in [3.63, 3.8) is 0 Å². The minimum absolute atomic E-state index is 0.0327. The van der Waals surface area contributed by atoms with Crippen LogP contribution in [-0.4, -0.2) is 19.5 Å². The van der Waals surface area contributed by atoms with Crippen LogP contribution in [0.5, 0.6) is 0 Å². The Labute approximate surface area is 118 Å². The highest BCUT2D eigenvalue weighted by molar-refractivity contribution is 9.09. The van der Waals surface area contributed by atoms with Crippen LogP contribution in [0, 0.1) is 19.3 Å². The van der Waals surface area contributed by atoms with E-state index in [1.54, 1.807) is 6.07 Å². The molecular formula is C14H19BrO2S. The Hall–Kier alpha value is -0.350. The quantitative estimate of drug-likeness (QED) is 0.790. The largest absolute Gasteiger partial charge is 0.224 e. The maximum absolute atomic E-state index is 12.6. The summed E-state index contributed by atoms with van der Waals surface area (Å²) in [5, 5.41) is 0.782. The van der Waals surface area contributed by atoms with Crippen LogP contribution >= 0.6 is 15.9 Å². The van der Waals surface area contributed by atoms with E-state index in [1.807, 2.05) is 26.0 Å². The first-order valence-electron chi connectivity index (χ1n) is 6.25. The third-order valence-corrected chi connectivity index (χ3v) is 7.16. The molecule has 0 unspecified atom stereocenters. The highest BCUT2D eigenvalue weighted by Crippen LogP contribution is 2.44. The Morgan fingerprint density at radius 3 is 2.44 bits per heavy atom. The van der Waals surface area contributed by atoms with E-state index < -0.39 is 9.84 Å². The Bertz CT molecular complexity index is 539. The van der Waals surface area contributed by atoms with Gasteiger partial charge in [-0.15, -0.1) is 0 Å². The minimum Gasteiger partial charge on any atom is -0.224 e. The monoisotopic (exact) mass is 330 g/mol. The molecule has 1 fully saturated rings. The first-order chi connectivity index (χ1) is 8.38. The SMILES string of the molecule is Cc1ccc(C)c(S(=O)(=O)CC2(CBr)CCC2)c1. The Morgan fingerprint density at radius 1 is 1.28 bits per heavy atom. The molecule has 0 N–H and O–H groups in total. The standard InChI is InChI=1S/C14H19BrO2S/c1-11-4-5-12(2)13(8-11)18(16,17)10-14(9-15)6-3-7-14/h4-5,8H,3,6-7,9-10H2,1-2H3. The van der Waals surface area contributed by atoms with E-state index in [9.17, 15) is 8.42 Å². The maximum atomic E-state index is 12.6. The summed E-state index contributed by atoms with van der Waals surface area (Å²) in [5.41, 5.74) is 1.82. The predicted octanol–water partition coefficient (Wildman–Crippen LogP) is 3.64. The summed E-state index contributed by atoms with van der Waals surface area (Å²) in [4.78, 5) is 0.509. The molecule has 0 heterocycles. The molecule has 1 aromatic rings. The summed E-state index contributed by atoms with van der Waals surface area (Å²) in [5.74, 6) is 0.273. The zero-order chi connectivity index (χ0) is 13.4. The molecular weight excluding hydrogens is 312 g/mol. The zero-order valence-electron chi connectivity index (χ0n) is 10.9. The third-order valence-electron chi connectivity index (χ3n) is 3.87. The van der Waals surface area contributed by atoms with Gasteiger partial charge >= 0.3 is 0 Å². The molecule has 0 aromatic heterocycles. The number of halogens is 1. The topological polar surface area (TPSA) is 34.1 Å². The number of sulfone groups is 1. The molecule has 0 bridgehead atoms. The van der Waals surface area contributed by atoms with Crippen molar-refractivity contribution in [3.8, 4) is 0 Å². The van der Waals surface area contributed by atoms with Crippen LogP contribution in [0.3, 0.4) is 0 Å². The minimum atomic E-state index is -3.17. The summed E-state index contributed by atoms with van der Waals surface area (Å²) in [6.07, 6.45) is 3.18. The fraction of sp³-hybridized carbons (Fsp3) is 0.571. The molecule has 0 aliphatic heterocycles. The number of aryl methyl sites for hydroxylation is 2. The van der Waals surface area contributed by atoms with Crippen molar-refractivity contribution in [1.29, 1.82) is 0 Å². The average molecular weight is 331 g/mol. The molecule has 2 nitrogen and oxygen atoms in total. The van der Waals surface area contributed by atoms with Gasteiger partial charge in [0, 0.05) is 5.33 Å². The summed E-state index contributed by atoms with van der Waals surface area (Å²) in [6.45, 7) is 3.80. The van der Waals surface area contributed by atoms with Gasteiger partial charge in [0.05, 0.1) is 10.6 Å². The second-order valence-corrected chi connectivity index (χ2v) is 8.03. The first-order valence-corrected chi connectivity index (χ1v) is 9.02. The number of benzene rings is 1. The van der Waals surface area contributed by atoms with Crippen molar-refractivity contribution in [2.75, 3.05) is 11.1 Å². The first kappa shape index (κ1) is 14.1. The number of hydrogen-bond donors (Lipinski definition) is 0. The molecule has 0 saturated heterocycles. The van der Waals surface area contributed by atoms with Crippen molar-refractivity contribution in [2.45, 2.75) is 38.0 Å². The lowest BCUT2D eigenvalue weighted by atomic mass is 9.72. The molecule has 1 saturated carbocycles. The van der Waals surface area contributed by atoms with Gasteiger partial charge in [-0.05, 0) is 49.3 Å². The molecule has 18 heavy (non-hydrogen) atoms. The van der Waals surface area contributed by atoms with Gasteiger partial charge in [-0.25, -0.2) is 8.42 Å². The van der Waals surface area contributed by atoms with Gasteiger partial charge in [0.2, 0.25) is 0 Å². The van der Waals surface area contributed by atoms with Gasteiger partial charge < -0.3 is 0 Å². The second-order valence-electron chi connectivity index (χ2n) is 5.52. The second kappa shape index (κ2) is 4.97. The van der Waals surface area contributed by atoms with E-state index in [-0.39, 0.29) is 11.2 Å². The highest BCUT2D eigenvalue weighted by Gasteiger charge is 2.40. The maximum Gasteiger partial charge on any atom is 0.179 e. The summed E-state index contributed by atoms with van der Waals surface area (Å²) < 4.78 is 25.1. The lowest BCUT2D eigenvalue weighted by Gasteiger charge is -2.40. The Kier molecular flexibility index (Phi) is 3.88. The Morgan fingerprint density at radius 2 is 1.94 bits per heavy atom. The van der Waals surface area contributed by atoms with Gasteiger partial charge in [0.15, 0.2) is 9.84 Å². The van der Waals surface area contributed by atoms with Gasteiger partial charge in [0.1, 0.15) is 0 Å². The van der Waals surface area contributed by atoms with Crippen LogP contribution in [0.1, 0.15) is 30.4 Å². The van der Waals surface area contributed by atoms with Crippen LogP contribution in [0.25, 0.3) is 0 Å². The van der Waals surface area contributed by atoms with Crippen LogP contribution in [-0.2, 0) is 9.84 Å². The third kappa shape index (κ3) is 2.64. The van der Waals surface area contributed by atoms with Crippen LogP contribution < -0.4 is 0 Å². The van der Waals surface area contributed by atoms with Crippen LogP contribution in [0.2, 0.25) is 0 Å². The summed E-state index contributed by atoms with van der Waals surface area (Å²) in [6, 6.07) is 5.65. The van der Waals surface area contributed by atoms with Gasteiger partial charge in [0.25, 0.3) is 0 Å². The number of hydrogen-bond acceptors (Lipinski definition) is 2. The molecule has 0 spiro atoms. The smallest absolute Gasteiger partial charge is 0.179 e. The molecule has 2 rings (SSSR count). The molecule has 0 radical (unpaired) electrons. The van der Waals surface area contributed by atoms with Gasteiger partial charge in [-0.3, -0.25) is 0 Å². The molecule has 1 aliphatic carbocycles. The van der Waals surface area contributed by atoms with Crippen LogP contribution in [0.15, 0.2) is 23.1 Å². The van der Waals surface area contributed by atoms with E-state index in [4.69, 9.17) is 0 Å². The van der Waals surface area contributed by atoms with E-state index in [2.05, 4.69) is 15.9 Å². The fourth-order valence-electron chi connectivity index (χ4n) is 2.52. The van der Waals surface area contributed by atoms with Crippen molar-refractivity contribution in [1.82, 2.24) is 0 Å². The fourth-order valence-corrected chi connectivity index (χ4v) is 5.81. The van der Waals surface area contributed by atoms with Crippen molar-refractivity contribution < 1.29 is 8.42 Å². The zero-order valence-corrected chi connectivity index (χ0v) is 13.3. The van der Waals surface area contributed by atoms with Crippen molar-refractivity contribution >= 4 is 25.8 Å². The molecule has 4 heteroatoms. The van der Waals surface area contributed by atoms with E-state index in [1.165, 1.54) is 0 Å². The van der Waals surface area contributed by atoms with E-state index >= 15 is 0 Å². The number of rotatable bonds is 4. The van der Waals surface area contributed by atoms with Gasteiger partial charge in [-0.1, -0.05) is 34.5 Å². The van der Waals surface area contributed by atoms with Gasteiger partial charge in [-0.2, -0.15) is 0 Å². The van der Waals surface area contributed by atoms with E-state index in [0.29, 0.717) is 4.90 Å². The predicted molar refractivity (Wildman–Crippen MR) is 78.0 cm³/mol. The molecule has 100 valence electrons. The lowest BCUT2D eigenvalue weighted by Crippen LogP contribution is -2.38. The molecule has 1 aliphatic rings. The highest BCUT2D eigenvalue weighted by atomic mass is 79.9. The molecule has 0 amide bonds. The molecule has 0 atom stereocenters. The van der Waals surface area contributed by atoms with E-state index in [0.717, 1.165) is 35.7 Å².